The third-order valence-electron chi connectivity index (χ3n) is 12.8. The van der Waals surface area contributed by atoms with Gasteiger partial charge in [0.15, 0.2) is 0 Å². The van der Waals surface area contributed by atoms with Crippen molar-refractivity contribution in [3.8, 4) is 0 Å². The minimum atomic E-state index is -4.18. The highest BCUT2D eigenvalue weighted by Gasteiger charge is 2.65. The van der Waals surface area contributed by atoms with E-state index in [9.17, 15) is 33.1 Å². The highest BCUT2D eigenvalue weighted by Crippen LogP contribution is 2.68. The van der Waals surface area contributed by atoms with Crippen LogP contribution in [0.3, 0.4) is 0 Å². The summed E-state index contributed by atoms with van der Waals surface area (Å²) >= 11 is 0. The second-order valence-corrected chi connectivity index (χ2v) is 17.3. The normalized spacial score (nSPS) is 41.0. The number of aliphatic hydroxyl groups is 3. The number of carbonyl (C=O) groups excluding carboxylic acids is 1. The fourth-order valence-corrected chi connectivity index (χ4v) is 10.8. The van der Waals surface area contributed by atoms with Gasteiger partial charge in [0.2, 0.25) is 5.91 Å². The van der Waals surface area contributed by atoms with E-state index in [1.807, 2.05) is 14.1 Å². The lowest BCUT2D eigenvalue weighted by Crippen LogP contribution is -2.62. The molecule has 4 rings (SSSR count). The van der Waals surface area contributed by atoms with E-state index in [1.54, 1.807) is 0 Å². The molecule has 244 valence electrons. The van der Waals surface area contributed by atoms with Gasteiger partial charge in [0.05, 0.1) is 55.6 Å². The second-order valence-electron chi connectivity index (χ2n) is 15.7. The van der Waals surface area contributed by atoms with Gasteiger partial charge < -0.3 is 29.7 Å². The van der Waals surface area contributed by atoms with Crippen LogP contribution in [-0.2, 0) is 14.9 Å². The Bertz CT molecular complexity index is 1050. The SMILES string of the molecule is C[C@@H](CCC(=O)NCCC[N+](C)(C)CCCS(=O)(=O)[O-])[C@H]1CC[C@H]2[C@@H]3[C@H](O)C[C@@H]4C[C@H](O)CC[C@]4(C)[C@H]3C[C@H](O)[C@]12C. The van der Waals surface area contributed by atoms with Crippen LogP contribution >= 0.6 is 0 Å². The Morgan fingerprint density at radius 3 is 2.40 bits per heavy atom. The molecule has 0 aliphatic heterocycles. The number of hydrogen-bond acceptors (Lipinski definition) is 7. The number of amides is 1. The molecule has 10 heteroatoms. The number of quaternary nitrogens is 1. The van der Waals surface area contributed by atoms with Crippen molar-refractivity contribution in [3.05, 3.63) is 0 Å². The van der Waals surface area contributed by atoms with Crippen LogP contribution in [0.5, 0.6) is 0 Å². The van der Waals surface area contributed by atoms with Crippen molar-refractivity contribution in [1.82, 2.24) is 5.32 Å². The van der Waals surface area contributed by atoms with Crippen LogP contribution in [0.15, 0.2) is 0 Å². The Kier molecular flexibility index (Phi) is 10.5. The summed E-state index contributed by atoms with van der Waals surface area (Å²) in [5.74, 6) is 1.38. The van der Waals surface area contributed by atoms with Crippen molar-refractivity contribution in [2.24, 2.45) is 46.3 Å². The van der Waals surface area contributed by atoms with Gasteiger partial charge in [0.1, 0.15) is 0 Å². The number of nitrogens with zero attached hydrogens (tertiary/aromatic N) is 1. The molecule has 0 aromatic heterocycles. The van der Waals surface area contributed by atoms with Crippen LogP contribution in [0, 0.1) is 46.3 Å². The standard InChI is InChI=1S/C32H58N2O7S/c1-21(8-11-29(38)33-14-6-15-34(4,5)16-7-17-42(39,40)41)24-9-10-25-30-26(20-28(37)32(24,25)3)31(2)13-12-23(35)18-22(31)19-27(30)36/h21-28,30,35-37H,6-20H2,1-5H3,(H-,33,38,39,40,41)/t21-,22-,23+,24+,25-,26-,27+,28-,30-,31-,32+/m0/s1. The highest BCUT2D eigenvalue weighted by atomic mass is 32.2. The van der Waals surface area contributed by atoms with E-state index in [1.165, 1.54) is 0 Å². The molecule has 4 aliphatic carbocycles. The van der Waals surface area contributed by atoms with Crippen molar-refractivity contribution in [3.63, 3.8) is 0 Å². The Balaban J connectivity index is 1.27. The van der Waals surface area contributed by atoms with Crippen molar-refractivity contribution in [1.29, 1.82) is 0 Å². The zero-order chi connectivity index (χ0) is 31.1. The van der Waals surface area contributed by atoms with Crippen LogP contribution in [-0.4, -0.2) is 96.5 Å². The van der Waals surface area contributed by atoms with Gasteiger partial charge in [-0.3, -0.25) is 4.79 Å². The average Bonchev–Trinajstić information content (AvgIpc) is 3.24. The Morgan fingerprint density at radius 2 is 1.71 bits per heavy atom. The molecule has 4 saturated carbocycles. The van der Waals surface area contributed by atoms with E-state index in [0.717, 1.165) is 64.3 Å². The summed E-state index contributed by atoms with van der Waals surface area (Å²) < 4.78 is 33.1. The third-order valence-corrected chi connectivity index (χ3v) is 13.6. The monoisotopic (exact) mass is 614 g/mol. The van der Waals surface area contributed by atoms with Gasteiger partial charge in [-0.25, -0.2) is 8.42 Å². The quantitative estimate of drug-likeness (QED) is 0.150. The highest BCUT2D eigenvalue weighted by molar-refractivity contribution is 7.85. The molecular weight excluding hydrogens is 556 g/mol. The first-order valence-corrected chi connectivity index (χ1v) is 18.1. The van der Waals surface area contributed by atoms with Crippen molar-refractivity contribution in [2.45, 2.75) is 110 Å². The summed E-state index contributed by atoms with van der Waals surface area (Å²) in [6, 6.07) is 0. The summed E-state index contributed by atoms with van der Waals surface area (Å²) in [7, 11) is -0.177. The summed E-state index contributed by atoms with van der Waals surface area (Å²) in [4.78, 5) is 12.7. The molecule has 11 atom stereocenters. The van der Waals surface area contributed by atoms with Crippen molar-refractivity contribution < 1.29 is 37.6 Å². The molecule has 9 nitrogen and oxygen atoms in total. The molecule has 4 fully saturated rings. The number of hydrogen-bond donors (Lipinski definition) is 4. The van der Waals surface area contributed by atoms with Crippen LogP contribution in [0.4, 0.5) is 0 Å². The first kappa shape index (κ1) is 34.1. The molecule has 0 radical (unpaired) electrons. The van der Waals surface area contributed by atoms with Gasteiger partial charge in [-0.1, -0.05) is 20.8 Å². The molecule has 0 aromatic carbocycles. The lowest BCUT2D eigenvalue weighted by molar-refractivity contribution is -0.890. The van der Waals surface area contributed by atoms with E-state index < -0.39 is 16.2 Å². The van der Waals surface area contributed by atoms with Gasteiger partial charge in [-0.05, 0) is 97.7 Å². The minimum absolute atomic E-state index is 0.0368. The van der Waals surface area contributed by atoms with E-state index in [2.05, 4.69) is 26.1 Å². The van der Waals surface area contributed by atoms with E-state index in [4.69, 9.17) is 0 Å². The van der Waals surface area contributed by atoms with Gasteiger partial charge in [0.25, 0.3) is 0 Å². The maximum atomic E-state index is 12.7. The Morgan fingerprint density at radius 1 is 1.02 bits per heavy atom. The molecule has 0 saturated heterocycles. The van der Waals surface area contributed by atoms with Gasteiger partial charge in [0, 0.05) is 31.6 Å². The predicted molar refractivity (Wildman–Crippen MR) is 161 cm³/mol. The van der Waals surface area contributed by atoms with Crippen molar-refractivity contribution in [2.75, 3.05) is 39.5 Å². The molecule has 1 amide bonds. The predicted octanol–water partition coefficient (Wildman–Crippen LogP) is 2.88. The first-order valence-electron chi connectivity index (χ1n) is 16.5. The fourth-order valence-electron chi connectivity index (χ4n) is 10.3. The number of rotatable bonds is 12. The van der Waals surface area contributed by atoms with Crippen LogP contribution in [0.1, 0.15) is 91.4 Å². The van der Waals surface area contributed by atoms with E-state index in [0.29, 0.717) is 48.2 Å². The minimum Gasteiger partial charge on any atom is -0.748 e. The lowest BCUT2D eigenvalue weighted by atomic mass is 9.43. The third kappa shape index (κ3) is 7.20. The maximum absolute atomic E-state index is 12.7. The largest absolute Gasteiger partial charge is 0.748 e. The smallest absolute Gasteiger partial charge is 0.220 e. The average molecular weight is 615 g/mol. The molecule has 0 heterocycles. The molecule has 4 aliphatic rings. The second kappa shape index (κ2) is 12.9. The van der Waals surface area contributed by atoms with Gasteiger partial charge in [-0.2, -0.15) is 0 Å². The molecule has 0 bridgehead atoms. The Hall–Kier alpha value is -0.780. The van der Waals surface area contributed by atoms with Gasteiger partial charge >= 0.3 is 0 Å². The molecule has 0 unspecified atom stereocenters. The van der Waals surface area contributed by atoms with Crippen LogP contribution < -0.4 is 5.32 Å². The van der Waals surface area contributed by atoms with Crippen molar-refractivity contribution >= 4 is 16.0 Å². The number of carbonyl (C=O) groups is 1. The van der Waals surface area contributed by atoms with Gasteiger partial charge in [-0.15, -0.1) is 0 Å². The summed E-state index contributed by atoms with van der Waals surface area (Å²) in [5, 5.41) is 36.6. The molecule has 0 aromatic rings. The zero-order valence-corrected chi connectivity index (χ0v) is 27.4. The first-order chi connectivity index (χ1) is 19.5. The Labute approximate surface area is 254 Å². The molecular formula is C32H58N2O7S. The zero-order valence-electron chi connectivity index (χ0n) is 26.6. The number of nitrogens with one attached hydrogen (secondary N) is 1. The van der Waals surface area contributed by atoms with E-state index in [-0.39, 0.29) is 52.5 Å². The fraction of sp³-hybridized carbons (Fsp3) is 0.969. The van der Waals surface area contributed by atoms with E-state index >= 15 is 0 Å². The summed E-state index contributed by atoms with van der Waals surface area (Å²) in [6.07, 6.45) is 7.35. The lowest BCUT2D eigenvalue weighted by Gasteiger charge is -2.63. The van der Waals surface area contributed by atoms with Crippen LogP contribution in [0.2, 0.25) is 0 Å². The van der Waals surface area contributed by atoms with Crippen LogP contribution in [0.25, 0.3) is 0 Å². The number of aliphatic hydroxyl groups excluding tert-OH is 3. The molecule has 0 spiro atoms. The summed E-state index contributed by atoms with van der Waals surface area (Å²) in [6.45, 7) is 8.78. The summed E-state index contributed by atoms with van der Waals surface area (Å²) in [5.41, 5.74) is -0.191. The molecule has 4 N–H and O–H groups in total. The topological polar surface area (TPSA) is 147 Å². The number of fused-ring (bicyclic) bond motifs is 5. The maximum Gasteiger partial charge on any atom is 0.220 e. The molecule has 42 heavy (non-hydrogen) atoms.